The number of hydrogen-bond donors (Lipinski definition) is 2. The fourth-order valence-corrected chi connectivity index (χ4v) is 4.72. The minimum absolute atomic E-state index is 0.0552. The zero-order valence-electron chi connectivity index (χ0n) is 13.9. The molecule has 10 heteroatoms. The molecule has 0 bridgehead atoms. The van der Waals surface area contributed by atoms with E-state index in [2.05, 4.69) is 4.72 Å². The number of alkyl halides is 3. The molecule has 1 heterocycles. The predicted octanol–water partition coefficient (Wildman–Crippen LogP) is 1.18. The van der Waals surface area contributed by atoms with Gasteiger partial charge in [-0.15, -0.1) is 0 Å². The van der Waals surface area contributed by atoms with Crippen LogP contribution < -0.4 is 10.5 Å². The minimum atomic E-state index is -4.65. The largest absolute Gasteiger partial charge is 0.416 e. The highest BCUT2D eigenvalue weighted by molar-refractivity contribution is 7.89. The van der Waals surface area contributed by atoms with E-state index in [1.807, 2.05) is 0 Å². The van der Waals surface area contributed by atoms with Crippen molar-refractivity contribution < 1.29 is 26.4 Å². The molecule has 1 saturated carbocycles. The third-order valence-corrected chi connectivity index (χ3v) is 6.55. The van der Waals surface area contributed by atoms with Gasteiger partial charge in [0.1, 0.15) is 0 Å². The molecular formula is C16H20F3N3O3S. The van der Waals surface area contributed by atoms with Crippen LogP contribution in [0, 0.1) is 11.8 Å². The second-order valence-corrected chi connectivity index (χ2v) is 8.58. The molecule has 0 aromatic heterocycles. The molecule has 26 heavy (non-hydrogen) atoms. The van der Waals surface area contributed by atoms with Gasteiger partial charge in [0.25, 0.3) is 0 Å². The maximum atomic E-state index is 12.7. The van der Waals surface area contributed by atoms with E-state index in [1.54, 1.807) is 4.90 Å². The number of carbonyl (C=O) groups excluding carboxylic acids is 1. The molecule has 3 rings (SSSR count). The molecule has 3 N–H and O–H groups in total. The van der Waals surface area contributed by atoms with Crippen LogP contribution in [0.25, 0.3) is 0 Å². The molecule has 6 nitrogen and oxygen atoms in total. The summed E-state index contributed by atoms with van der Waals surface area (Å²) in [5.74, 6) is 0.176. The summed E-state index contributed by atoms with van der Waals surface area (Å²) in [5, 5.41) is 0. The molecule has 1 aromatic rings. The lowest BCUT2D eigenvalue weighted by Gasteiger charge is -2.19. The Balaban J connectivity index is 1.63. The van der Waals surface area contributed by atoms with Crippen molar-refractivity contribution in [1.29, 1.82) is 0 Å². The average Bonchev–Trinajstić information content (AvgIpc) is 3.14. The Morgan fingerprint density at radius 2 is 2.00 bits per heavy atom. The minimum Gasteiger partial charge on any atom is -0.341 e. The summed E-state index contributed by atoms with van der Waals surface area (Å²) in [6.07, 6.45) is -2.77. The van der Waals surface area contributed by atoms with Gasteiger partial charge in [0.15, 0.2) is 0 Å². The summed E-state index contributed by atoms with van der Waals surface area (Å²) in [4.78, 5) is 13.3. The van der Waals surface area contributed by atoms with Gasteiger partial charge in [-0.3, -0.25) is 4.79 Å². The van der Waals surface area contributed by atoms with Gasteiger partial charge in [0.2, 0.25) is 15.9 Å². The zero-order chi connectivity index (χ0) is 19.1. The molecule has 1 aliphatic heterocycles. The fourth-order valence-electron chi connectivity index (χ4n) is 3.70. The van der Waals surface area contributed by atoms with Crippen LogP contribution >= 0.6 is 0 Å². The Morgan fingerprint density at radius 3 is 2.65 bits per heavy atom. The van der Waals surface area contributed by atoms with E-state index in [4.69, 9.17) is 5.73 Å². The monoisotopic (exact) mass is 391 g/mol. The molecule has 2 fully saturated rings. The van der Waals surface area contributed by atoms with Crippen LogP contribution in [0.2, 0.25) is 0 Å². The Labute approximate surface area is 149 Å². The lowest BCUT2D eigenvalue weighted by Crippen LogP contribution is -2.40. The van der Waals surface area contributed by atoms with Crippen molar-refractivity contribution in [3.8, 4) is 0 Å². The highest BCUT2D eigenvalue weighted by atomic mass is 32.2. The van der Waals surface area contributed by atoms with Crippen LogP contribution in [0.15, 0.2) is 29.2 Å². The first-order valence-corrected chi connectivity index (χ1v) is 9.76. The Morgan fingerprint density at radius 1 is 1.27 bits per heavy atom. The Kier molecular flexibility index (Phi) is 5.02. The molecule has 1 aromatic carbocycles. The number of sulfonamides is 1. The number of likely N-dealkylation sites (tertiary alicyclic amines) is 1. The van der Waals surface area contributed by atoms with Gasteiger partial charge in [-0.25, -0.2) is 13.1 Å². The third-order valence-electron chi connectivity index (χ3n) is 5.15. The molecule has 1 aliphatic carbocycles. The van der Waals surface area contributed by atoms with Crippen molar-refractivity contribution in [3.05, 3.63) is 29.8 Å². The van der Waals surface area contributed by atoms with Gasteiger partial charge >= 0.3 is 6.18 Å². The van der Waals surface area contributed by atoms with E-state index in [1.165, 1.54) is 0 Å². The molecule has 144 valence electrons. The summed E-state index contributed by atoms with van der Waals surface area (Å²) in [6.45, 7) is 0.547. The van der Waals surface area contributed by atoms with Crippen LogP contribution in [0.4, 0.5) is 13.2 Å². The lowest BCUT2D eigenvalue weighted by atomic mass is 9.98. The van der Waals surface area contributed by atoms with Gasteiger partial charge in [-0.05, 0) is 42.9 Å². The Hall–Kier alpha value is -1.65. The number of nitrogens with zero attached hydrogens (tertiary/aromatic N) is 1. The van der Waals surface area contributed by atoms with Crippen molar-refractivity contribution in [2.75, 3.05) is 19.6 Å². The summed E-state index contributed by atoms with van der Waals surface area (Å²) in [7, 11) is -4.22. The Bertz CT molecular complexity index is 797. The van der Waals surface area contributed by atoms with Gasteiger partial charge in [0, 0.05) is 19.1 Å². The number of halogens is 3. The number of amides is 1. The van der Waals surface area contributed by atoms with Crippen molar-refractivity contribution in [3.63, 3.8) is 0 Å². The van der Waals surface area contributed by atoms with Crippen molar-refractivity contribution in [2.45, 2.75) is 30.0 Å². The van der Waals surface area contributed by atoms with E-state index >= 15 is 0 Å². The topological polar surface area (TPSA) is 92.5 Å². The van der Waals surface area contributed by atoms with Crippen LogP contribution in [0.1, 0.15) is 18.4 Å². The van der Waals surface area contributed by atoms with Crippen LogP contribution in [-0.4, -0.2) is 44.9 Å². The average molecular weight is 391 g/mol. The quantitative estimate of drug-likeness (QED) is 0.806. The zero-order valence-corrected chi connectivity index (χ0v) is 14.7. The first kappa shape index (κ1) is 19.1. The summed E-state index contributed by atoms with van der Waals surface area (Å²) in [6, 6.07) is 3.46. The standard InChI is InChI=1S/C16H20F3N3O3S/c17-16(18,19)11-2-1-3-12(6-11)26(24,25)21-7-15(23)22-8-10-4-5-14(20)13(10)9-22/h1-3,6,10,13-14,21H,4-5,7-9,20H2. The summed E-state index contributed by atoms with van der Waals surface area (Å²) < 4.78 is 64.7. The van der Waals surface area contributed by atoms with Crippen molar-refractivity contribution in [2.24, 2.45) is 17.6 Å². The number of rotatable bonds is 4. The maximum absolute atomic E-state index is 12.7. The SMILES string of the molecule is NC1CCC2CN(C(=O)CNS(=O)(=O)c3cccc(C(F)(F)F)c3)CC12. The molecule has 2 aliphatic rings. The molecule has 0 spiro atoms. The smallest absolute Gasteiger partial charge is 0.341 e. The molecular weight excluding hydrogens is 371 g/mol. The van der Waals surface area contributed by atoms with E-state index < -0.39 is 39.1 Å². The van der Waals surface area contributed by atoms with Crippen molar-refractivity contribution >= 4 is 15.9 Å². The van der Waals surface area contributed by atoms with E-state index in [0.717, 1.165) is 31.0 Å². The summed E-state index contributed by atoms with van der Waals surface area (Å²) in [5.41, 5.74) is 4.95. The van der Waals surface area contributed by atoms with Gasteiger partial charge in [0.05, 0.1) is 17.0 Å². The first-order chi connectivity index (χ1) is 12.1. The second kappa shape index (κ2) is 6.82. The molecule has 3 atom stereocenters. The fraction of sp³-hybridized carbons (Fsp3) is 0.562. The van der Waals surface area contributed by atoms with E-state index in [0.29, 0.717) is 25.1 Å². The number of fused-ring (bicyclic) bond motifs is 1. The van der Waals surface area contributed by atoms with Gasteiger partial charge in [-0.1, -0.05) is 6.07 Å². The van der Waals surface area contributed by atoms with Crippen molar-refractivity contribution in [1.82, 2.24) is 9.62 Å². The van der Waals surface area contributed by atoms with Gasteiger partial charge in [-0.2, -0.15) is 13.2 Å². The third kappa shape index (κ3) is 3.86. The normalized spacial score (nSPS) is 26.2. The number of hydrogen-bond acceptors (Lipinski definition) is 4. The highest BCUT2D eigenvalue weighted by Crippen LogP contribution is 2.37. The highest BCUT2D eigenvalue weighted by Gasteiger charge is 2.42. The van der Waals surface area contributed by atoms with E-state index in [-0.39, 0.29) is 12.0 Å². The maximum Gasteiger partial charge on any atom is 0.416 e. The number of nitrogens with two attached hydrogens (primary N) is 1. The molecule has 1 saturated heterocycles. The van der Waals surface area contributed by atoms with Crippen LogP contribution in [0.3, 0.4) is 0 Å². The molecule has 3 unspecified atom stereocenters. The second-order valence-electron chi connectivity index (χ2n) is 6.81. The van der Waals surface area contributed by atoms with Crippen LogP contribution in [-0.2, 0) is 21.0 Å². The predicted molar refractivity (Wildman–Crippen MR) is 87.4 cm³/mol. The first-order valence-electron chi connectivity index (χ1n) is 8.28. The number of carbonyl (C=O) groups is 1. The number of nitrogens with one attached hydrogen (secondary N) is 1. The number of benzene rings is 1. The van der Waals surface area contributed by atoms with Gasteiger partial charge < -0.3 is 10.6 Å². The van der Waals surface area contributed by atoms with Crippen LogP contribution in [0.5, 0.6) is 0 Å². The lowest BCUT2D eigenvalue weighted by molar-refractivity contribution is -0.137. The summed E-state index contributed by atoms with van der Waals surface area (Å²) >= 11 is 0. The molecule has 0 radical (unpaired) electrons. The molecule has 1 amide bonds. The van der Waals surface area contributed by atoms with E-state index in [9.17, 15) is 26.4 Å².